The van der Waals surface area contributed by atoms with Crippen LogP contribution in [0.4, 0.5) is 4.39 Å². The highest BCUT2D eigenvalue weighted by molar-refractivity contribution is 6.00. The van der Waals surface area contributed by atoms with Crippen LogP contribution in [0.3, 0.4) is 0 Å². The molecule has 0 aliphatic heterocycles. The van der Waals surface area contributed by atoms with Gasteiger partial charge in [-0.05, 0) is 20.0 Å². The number of alkyl halides is 1. The Morgan fingerprint density at radius 1 is 1.33 bits per heavy atom. The third-order valence-electron chi connectivity index (χ3n) is 2.62. The van der Waals surface area contributed by atoms with Crippen molar-refractivity contribution < 1.29 is 18.7 Å². The Morgan fingerprint density at radius 3 is 2.39 bits per heavy atom. The topological polar surface area (TPSA) is 47.6 Å². The zero-order chi connectivity index (χ0) is 13.7. The van der Waals surface area contributed by atoms with E-state index >= 15 is 0 Å². The van der Waals surface area contributed by atoms with Crippen LogP contribution >= 0.6 is 0 Å². The molecule has 0 heterocycles. The molecule has 0 aromatic heterocycles. The number of nitrogens with one attached hydrogen (secondary N) is 1. The number of methoxy groups -OCH3 is 2. The van der Waals surface area contributed by atoms with Crippen molar-refractivity contribution in [2.75, 3.05) is 27.8 Å². The summed E-state index contributed by atoms with van der Waals surface area (Å²) >= 11 is 0. The van der Waals surface area contributed by atoms with Crippen molar-refractivity contribution in [3.8, 4) is 11.5 Å². The largest absolute Gasteiger partial charge is 0.496 e. The molecule has 1 aromatic carbocycles. The second-order valence-corrected chi connectivity index (χ2v) is 3.86. The first-order chi connectivity index (χ1) is 8.54. The van der Waals surface area contributed by atoms with Crippen molar-refractivity contribution in [3.05, 3.63) is 23.3 Å². The number of carbonyl (C=O) groups is 1. The van der Waals surface area contributed by atoms with Crippen molar-refractivity contribution in [2.45, 2.75) is 13.1 Å². The minimum Gasteiger partial charge on any atom is -0.496 e. The lowest BCUT2D eigenvalue weighted by molar-refractivity contribution is 0.0990. The number of rotatable bonds is 6. The Kier molecular flexibility index (Phi) is 5.09. The fourth-order valence-electron chi connectivity index (χ4n) is 1.71. The van der Waals surface area contributed by atoms with E-state index in [1.807, 2.05) is 0 Å². The normalized spacial score (nSPS) is 12.1. The van der Waals surface area contributed by atoms with Gasteiger partial charge in [-0.3, -0.25) is 4.79 Å². The molecular weight excluding hydrogens is 237 g/mol. The molecule has 1 N–H and O–H groups in total. The standard InChI is InChI=1S/C13H18FNO3/c1-8(14)9-5-10(11(16)7-15-2)13(18-4)6-12(9)17-3/h5-6,8,15H,7H2,1-4H3. The van der Waals surface area contributed by atoms with Crippen molar-refractivity contribution in [2.24, 2.45) is 0 Å². The molecule has 0 bridgehead atoms. The van der Waals surface area contributed by atoms with E-state index in [1.54, 1.807) is 7.05 Å². The lowest BCUT2D eigenvalue weighted by Gasteiger charge is -2.15. The molecule has 0 saturated carbocycles. The fraction of sp³-hybridized carbons (Fsp3) is 0.462. The third-order valence-corrected chi connectivity index (χ3v) is 2.62. The van der Waals surface area contributed by atoms with Crippen LogP contribution in [0.15, 0.2) is 12.1 Å². The number of hydrogen-bond acceptors (Lipinski definition) is 4. The molecule has 0 spiro atoms. The molecule has 1 unspecified atom stereocenters. The van der Waals surface area contributed by atoms with Crippen LogP contribution in [-0.2, 0) is 0 Å². The van der Waals surface area contributed by atoms with Crippen molar-refractivity contribution in [3.63, 3.8) is 0 Å². The summed E-state index contributed by atoms with van der Waals surface area (Å²) in [5.74, 6) is 0.610. The van der Waals surface area contributed by atoms with Gasteiger partial charge in [-0.15, -0.1) is 0 Å². The summed E-state index contributed by atoms with van der Waals surface area (Å²) in [5.41, 5.74) is 0.699. The molecule has 0 aliphatic carbocycles. The zero-order valence-electron chi connectivity index (χ0n) is 11.0. The number of halogens is 1. The van der Waals surface area contributed by atoms with Gasteiger partial charge in [-0.1, -0.05) is 0 Å². The molecule has 0 saturated heterocycles. The Balaban J connectivity index is 3.31. The fourth-order valence-corrected chi connectivity index (χ4v) is 1.71. The van der Waals surface area contributed by atoms with Crippen LogP contribution < -0.4 is 14.8 Å². The predicted molar refractivity (Wildman–Crippen MR) is 67.3 cm³/mol. The predicted octanol–water partition coefficient (Wildman–Crippen LogP) is 2.14. The van der Waals surface area contributed by atoms with Crippen molar-refractivity contribution in [1.82, 2.24) is 5.32 Å². The molecule has 0 radical (unpaired) electrons. The number of hydrogen-bond donors (Lipinski definition) is 1. The average Bonchev–Trinajstić information content (AvgIpc) is 2.37. The zero-order valence-corrected chi connectivity index (χ0v) is 11.0. The van der Waals surface area contributed by atoms with E-state index < -0.39 is 6.17 Å². The number of carbonyl (C=O) groups excluding carboxylic acids is 1. The van der Waals surface area contributed by atoms with Gasteiger partial charge in [-0.25, -0.2) is 4.39 Å². The summed E-state index contributed by atoms with van der Waals surface area (Å²) in [6.07, 6.45) is -1.22. The van der Waals surface area contributed by atoms with Gasteiger partial charge in [0.25, 0.3) is 0 Å². The molecule has 100 valence electrons. The molecule has 0 fully saturated rings. The molecule has 1 atom stereocenters. The second-order valence-electron chi connectivity index (χ2n) is 3.86. The minimum absolute atomic E-state index is 0.154. The maximum Gasteiger partial charge on any atom is 0.180 e. The maximum absolute atomic E-state index is 13.5. The van der Waals surface area contributed by atoms with Crippen molar-refractivity contribution >= 4 is 5.78 Å². The molecule has 5 heteroatoms. The van der Waals surface area contributed by atoms with Gasteiger partial charge in [0.2, 0.25) is 0 Å². The van der Waals surface area contributed by atoms with Crippen LogP contribution in [0.1, 0.15) is 29.0 Å². The monoisotopic (exact) mass is 255 g/mol. The summed E-state index contributed by atoms with van der Waals surface area (Å²) in [7, 11) is 4.59. The molecule has 4 nitrogen and oxygen atoms in total. The number of benzene rings is 1. The SMILES string of the molecule is CNCC(=O)c1cc(C(C)F)c(OC)cc1OC. The highest BCUT2D eigenvalue weighted by Crippen LogP contribution is 2.34. The van der Waals surface area contributed by atoms with Gasteiger partial charge in [0.15, 0.2) is 5.78 Å². The Bertz CT molecular complexity index is 432. The maximum atomic E-state index is 13.5. The van der Waals surface area contributed by atoms with E-state index in [9.17, 15) is 9.18 Å². The van der Waals surface area contributed by atoms with Gasteiger partial charge >= 0.3 is 0 Å². The lowest BCUT2D eigenvalue weighted by atomic mass is 10.0. The minimum atomic E-state index is -1.22. The number of likely N-dealkylation sites (N-methyl/N-ethyl adjacent to an activating group) is 1. The summed E-state index contributed by atoms with van der Waals surface area (Å²) in [6, 6.07) is 3.02. The summed E-state index contributed by atoms with van der Waals surface area (Å²) in [4.78, 5) is 11.9. The van der Waals surface area contributed by atoms with Gasteiger partial charge in [0.05, 0.1) is 26.3 Å². The van der Waals surface area contributed by atoms with Crippen molar-refractivity contribution in [1.29, 1.82) is 0 Å². The van der Waals surface area contributed by atoms with Crippen LogP contribution in [0.2, 0.25) is 0 Å². The van der Waals surface area contributed by atoms with E-state index in [1.165, 1.54) is 33.3 Å². The summed E-state index contributed by atoms with van der Waals surface area (Å²) < 4.78 is 23.7. The molecule has 1 rings (SSSR count). The Hall–Kier alpha value is -1.62. The lowest BCUT2D eigenvalue weighted by Crippen LogP contribution is -2.19. The first-order valence-corrected chi connectivity index (χ1v) is 5.62. The van der Waals surface area contributed by atoms with E-state index in [2.05, 4.69) is 5.32 Å². The number of ether oxygens (including phenoxy) is 2. The van der Waals surface area contributed by atoms with E-state index in [4.69, 9.17) is 9.47 Å². The van der Waals surface area contributed by atoms with Crippen LogP contribution in [-0.4, -0.2) is 33.6 Å². The van der Waals surface area contributed by atoms with Crippen LogP contribution in [0.25, 0.3) is 0 Å². The van der Waals surface area contributed by atoms with Gasteiger partial charge in [0, 0.05) is 11.6 Å². The van der Waals surface area contributed by atoms with Crippen LogP contribution in [0, 0.1) is 0 Å². The molecule has 1 aromatic rings. The molecule has 0 amide bonds. The summed E-state index contributed by atoms with van der Waals surface area (Å²) in [5, 5.41) is 2.76. The van der Waals surface area contributed by atoms with Gasteiger partial charge in [-0.2, -0.15) is 0 Å². The average molecular weight is 255 g/mol. The quantitative estimate of drug-likeness (QED) is 0.791. The summed E-state index contributed by atoms with van der Waals surface area (Å²) in [6.45, 7) is 1.57. The molecular formula is C13H18FNO3. The van der Waals surface area contributed by atoms with E-state index in [0.29, 0.717) is 22.6 Å². The number of ketones is 1. The molecule has 0 aliphatic rings. The first kappa shape index (κ1) is 14.4. The highest BCUT2D eigenvalue weighted by Gasteiger charge is 2.19. The Morgan fingerprint density at radius 2 is 1.94 bits per heavy atom. The van der Waals surface area contributed by atoms with Gasteiger partial charge in [0.1, 0.15) is 17.7 Å². The van der Waals surface area contributed by atoms with Gasteiger partial charge < -0.3 is 14.8 Å². The Labute approximate surface area is 106 Å². The first-order valence-electron chi connectivity index (χ1n) is 5.62. The second kappa shape index (κ2) is 6.35. The van der Waals surface area contributed by atoms with E-state index in [0.717, 1.165) is 0 Å². The molecule has 18 heavy (non-hydrogen) atoms. The van der Waals surface area contributed by atoms with E-state index in [-0.39, 0.29) is 12.3 Å². The number of Topliss-reactive ketones (excluding diaryl/α,β-unsaturated/α-hetero) is 1. The highest BCUT2D eigenvalue weighted by atomic mass is 19.1. The third kappa shape index (κ3) is 2.98. The van der Waals surface area contributed by atoms with Crippen LogP contribution in [0.5, 0.6) is 11.5 Å². The smallest absolute Gasteiger partial charge is 0.180 e.